The molecule has 42 heteroatoms. The van der Waals surface area contributed by atoms with Gasteiger partial charge in [0.05, 0.1) is 210 Å². The largest absolute Gasteiger partial charge is 0.462 e. The van der Waals surface area contributed by atoms with Crippen molar-refractivity contribution in [2.24, 2.45) is 0 Å². The highest BCUT2D eigenvalue weighted by molar-refractivity contribution is 8.76. The minimum Gasteiger partial charge on any atom is -0.462 e. The first kappa shape index (κ1) is 107. The zero-order valence-corrected chi connectivity index (χ0v) is 74.8. The lowest BCUT2D eigenvalue weighted by atomic mass is 9.99. The number of hydrogen-bond donors (Lipinski definition) is 14. The molecule has 10 atom stereocenters. The van der Waals surface area contributed by atoms with Gasteiger partial charge in [0.25, 0.3) is 0 Å². The van der Waals surface area contributed by atoms with E-state index in [-0.39, 0.29) is 11.8 Å². The number of aromatic nitrogens is 6. The van der Waals surface area contributed by atoms with Gasteiger partial charge in [-0.05, 0) is 98.6 Å². The van der Waals surface area contributed by atoms with Gasteiger partial charge in [0, 0.05) is 48.8 Å². The fraction of sp³-hybridized carbons (Fsp3) is 0.756. The SMILES string of the molecule is O=C(CCCCCCCCCCSSCCCCCCCCCCC(=O)NCc1cn(CCOCCOCCOCCOCCOCCOCCNC(=S)Nc2ccc(O[C@H]3O[C@H](CO)[C@@H](O)[C@H](O)[C@@H]3O)cc2)nn1)NCc1cn(CCOCCOCCOCCOCCOCCOCCNC(=S)Nc2ccc(O[C@H]3O[C@H](CO)[C@@H](O)[C@H](O)[C@@H]3O)cc2)nn1. The molecule has 2 aliphatic rings. The lowest BCUT2D eigenvalue weighted by molar-refractivity contribution is -0.277. The van der Waals surface area contributed by atoms with E-state index in [1.54, 1.807) is 57.9 Å². The minimum absolute atomic E-state index is 0.0384. The predicted molar refractivity (Wildman–Crippen MR) is 472 cm³/mol. The molecule has 0 spiro atoms. The predicted octanol–water partition coefficient (Wildman–Crippen LogP) is 3.74. The molecule has 2 fully saturated rings. The molecular weight excluding hydrogens is 1700 g/mol. The van der Waals surface area contributed by atoms with Gasteiger partial charge in [-0.3, -0.25) is 9.59 Å². The van der Waals surface area contributed by atoms with E-state index >= 15 is 0 Å². The van der Waals surface area contributed by atoms with Crippen LogP contribution in [0.3, 0.4) is 0 Å². The average Bonchev–Trinajstić information content (AvgIpc) is 1.01. The zero-order valence-electron chi connectivity index (χ0n) is 71.6. The summed E-state index contributed by atoms with van der Waals surface area (Å²) in [5.41, 5.74) is 2.77. The summed E-state index contributed by atoms with van der Waals surface area (Å²) >= 11 is 10.7. The number of amides is 2. The Morgan fingerprint density at radius 3 is 0.952 bits per heavy atom. The third kappa shape index (κ3) is 50.4. The Morgan fingerprint density at radius 2 is 0.645 bits per heavy atom. The molecule has 124 heavy (non-hydrogen) atoms. The Kier molecular flexibility index (Phi) is 60.9. The van der Waals surface area contributed by atoms with E-state index in [1.807, 2.05) is 34.0 Å². The molecule has 6 rings (SSSR count). The van der Waals surface area contributed by atoms with Crippen LogP contribution < -0.4 is 41.4 Å². The van der Waals surface area contributed by atoms with Crippen LogP contribution in [-0.2, 0) is 102 Å². The van der Waals surface area contributed by atoms with E-state index in [0.29, 0.717) is 255 Å². The average molecular weight is 1840 g/mol. The Balaban J connectivity index is 0.565. The maximum atomic E-state index is 12.5. The minimum atomic E-state index is -1.53. The molecule has 4 heterocycles. The Hall–Kier alpha value is -5.54. The van der Waals surface area contributed by atoms with Crippen LogP contribution in [0, 0.1) is 0 Å². The molecule has 0 unspecified atom stereocenters. The van der Waals surface area contributed by atoms with Gasteiger partial charge in [-0.2, -0.15) is 0 Å². The monoisotopic (exact) mass is 1830 g/mol. The second-order valence-electron chi connectivity index (χ2n) is 29.1. The second kappa shape index (κ2) is 70.4. The number of ether oxygens (including phenoxy) is 16. The summed E-state index contributed by atoms with van der Waals surface area (Å²) in [5.74, 6) is 3.18. The van der Waals surface area contributed by atoms with Crippen LogP contribution in [0.4, 0.5) is 11.4 Å². The Bertz CT molecular complexity index is 3110. The van der Waals surface area contributed by atoms with Gasteiger partial charge < -0.3 is 149 Å². The van der Waals surface area contributed by atoms with Crippen LogP contribution >= 0.6 is 46.0 Å². The molecule has 14 N–H and O–H groups in total. The summed E-state index contributed by atoms with van der Waals surface area (Å²) in [7, 11) is 4.03. The number of unbranched alkanes of at least 4 members (excludes halogenated alkanes) is 14. The molecule has 4 aromatic rings. The topological polar surface area (TPSA) is 477 Å². The maximum absolute atomic E-state index is 12.5. The molecule has 2 aromatic carbocycles. The molecule has 2 aromatic heterocycles. The fourth-order valence-electron chi connectivity index (χ4n) is 12.1. The highest BCUT2D eigenvalue weighted by Crippen LogP contribution is 2.29. The van der Waals surface area contributed by atoms with Crippen LogP contribution in [0.2, 0.25) is 0 Å². The van der Waals surface area contributed by atoms with Crippen LogP contribution in [0.15, 0.2) is 60.9 Å². The van der Waals surface area contributed by atoms with Crippen molar-refractivity contribution >= 4 is 79.4 Å². The molecule has 2 saturated heterocycles. The van der Waals surface area contributed by atoms with Gasteiger partial charge in [0.15, 0.2) is 10.2 Å². The molecule has 0 saturated carbocycles. The van der Waals surface area contributed by atoms with Crippen LogP contribution in [0.5, 0.6) is 11.5 Å². The summed E-state index contributed by atoms with van der Waals surface area (Å²) in [6.07, 6.45) is 9.84. The normalized spacial score (nSPS) is 18.9. The molecule has 0 bridgehead atoms. The number of benzene rings is 2. The first-order chi connectivity index (χ1) is 60.7. The van der Waals surface area contributed by atoms with Crippen molar-refractivity contribution in [1.29, 1.82) is 0 Å². The van der Waals surface area contributed by atoms with Crippen molar-refractivity contribution < 1.29 is 126 Å². The van der Waals surface area contributed by atoms with E-state index in [4.69, 9.17) is 100 Å². The first-order valence-corrected chi connectivity index (χ1v) is 46.7. The van der Waals surface area contributed by atoms with Crippen LogP contribution in [0.25, 0.3) is 0 Å². The van der Waals surface area contributed by atoms with Gasteiger partial charge in [-0.15, -0.1) is 10.2 Å². The number of rotatable bonds is 77. The zero-order chi connectivity index (χ0) is 88.3. The van der Waals surface area contributed by atoms with Gasteiger partial charge in [0.2, 0.25) is 24.4 Å². The van der Waals surface area contributed by atoms with E-state index in [0.717, 1.165) is 38.5 Å². The van der Waals surface area contributed by atoms with Crippen molar-refractivity contribution in [2.75, 3.05) is 207 Å². The highest BCUT2D eigenvalue weighted by atomic mass is 33.1. The van der Waals surface area contributed by atoms with Gasteiger partial charge >= 0.3 is 0 Å². The highest BCUT2D eigenvalue weighted by Gasteiger charge is 2.46. The third-order valence-electron chi connectivity index (χ3n) is 19.1. The smallest absolute Gasteiger partial charge is 0.229 e. The number of anilines is 2. The molecule has 2 amide bonds. The molecular formula is C82H138N12O26S4. The van der Waals surface area contributed by atoms with Crippen molar-refractivity contribution in [3.63, 3.8) is 0 Å². The van der Waals surface area contributed by atoms with Gasteiger partial charge in [-0.25, -0.2) is 9.36 Å². The van der Waals surface area contributed by atoms with Crippen molar-refractivity contribution in [1.82, 2.24) is 51.3 Å². The standard InChI is InChI=1S/C82H138N12O26S4/c95-61-69-73(99)75(101)77(103)79(119-69)117-67-23-19-63(20-24-67)87-81(121)83-27-31-105-35-39-109-43-47-113-51-53-115-49-45-111-41-37-107-33-29-93-59-65(89-91-93)57-85-71(97)17-13-9-5-1-3-7-11-15-55-123-124-56-16-12-8-4-2-6-10-14-18-72(98)86-58-66-60-94(92-90-66)30-34-108-38-42-112-46-50-116-54-52-114-48-44-110-40-36-106-32-28-84-82(122)88-64-21-25-68(26-22-64)118-80-78(104)76(102)74(100)70(62-96)120-80/h19-26,59-60,69-70,73-80,95-96,99-104H,1-18,27-58,61-62H2,(H,85,97)(H,86,98)(H2,83,87,121)(H2,84,88,122)/t69-,70-,73-,74-,75+,76+,77+,78+,79+,80+/m1/s1. The number of nitrogens with one attached hydrogen (secondary N) is 6. The summed E-state index contributed by atoms with van der Waals surface area (Å²) in [6.45, 7) is 12.1. The summed E-state index contributed by atoms with van der Waals surface area (Å²) in [5, 5.41) is 115. The maximum Gasteiger partial charge on any atom is 0.229 e. The van der Waals surface area contributed by atoms with Crippen molar-refractivity contribution in [3.05, 3.63) is 72.3 Å². The third-order valence-corrected chi connectivity index (χ3v) is 22.2. The van der Waals surface area contributed by atoms with E-state index in [9.17, 15) is 50.4 Å². The number of hydrogen-bond acceptors (Lipinski definition) is 34. The number of carbonyl (C=O) groups excluding carboxylic acids is 2. The van der Waals surface area contributed by atoms with Crippen molar-refractivity contribution in [2.45, 2.75) is 203 Å². The van der Waals surface area contributed by atoms with Crippen LogP contribution in [0.1, 0.15) is 127 Å². The van der Waals surface area contributed by atoms with Gasteiger partial charge in [0.1, 0.15) is 71.7 Å². The van der Waals surface area contributed by atoms with Crippen molar-refractivity contribution in [3.8, 4) is 11.5 Å². The number of aliphatic hydroxyl groups excluding tert-OH is 8. The number of aliphatic hydroxyl groups is 8. The summed E-state index contributed by atoms with van der Waals surface area (Å²) in [4.78, 5) is 24.9. The molecule has 0 aliphatic carbocycles. The molecule has 706 valence electrons. The molecule has 0 radical (unpaired) electrons. The first-order valence-electron chi connectivity index (χ1n) is 43.4. The lowest BCUT2D eigenvalue weighted by Gasteiger charge is -2.39. The quantitative estimate of drug-likeness (QED) is 0.0170. The Labute approximate surface area is 746 Å². The van der Waals surface area contributed by atoms with Gasteiger partial charge in [-0.1, -0.05) is 109 Å². The lowest BCUT2D eigenvalue weighted by Crippen LogP contribution is -2.60. The van der Waals surface area contributed by atoms with E-state index in [2.05, 4.69) is 52.5 Å². The number of thiocarbonyl (C=S) groups is 2. The molecule has 38 nitrogen and oxygen atoms in total. The second-order valence-corrected chi connectivity index (χ2v) is 32.6. The van der Waals surface area contributed by atoms with E-state index < -0.39 is 74.6 Å². The summed E-state index contributed by atoms with van der Waals surface area (Å²) in [6, 6.07) is 13.3. The number of carbonyl (C=O) groups is 2. The Morgan fingerprint density at radius 1 is 0.363 bits per heavy atom. The fourth-order valence-corrected chi connectivity index (χ4v) is 14.9. The van der Waals surface area contributed by atoms with Crippen LogP contribution in [-0.4, -0.2) is 351 Å². The summed E-state index contributed by atoms with van der Waals surface area (Å²) < 4.78 is 92.5. The van der Waals surface area contributed by atoms with E-state index in [1.165, 1.54) is 75.7 Å². The molecule has 2 aliphatic heterocycles. The number of nitrogens with zero attached hydrogens (tertiary/aromatic N) is 6.